The predicted octanol–water partition coefficient (Wildman–Crippen LogP) is 2.12. The van der Waals surface area contributed by atoms with Crippen LogP contribution in [0.5, 0.6) is 0 Å². The normalized spacial score (nSPS) is 17.8. The molecular weight excluding hydrogens is 320 g/mol. The van der Waals surface area contributed by atoms with E-state index < -0.39 is 6.10 Å². The maximum atomic E-state index is 12.7. The van der Waals surface area contributed by atoms with Gasteiger partial charge in [-0.2, -0.15) is 10.2 Å². The van der Waals surface area contributed by atoms with E-state index in [9.17, 15) is 4.79 Å². The lowest BCUT2D eigenvalue weighted by molar-refractivity contribution is -0.0276. The second-order valence-electron chi connectivity index (χ2n) is 5.09. The van der Waals surface area contributed by atoms with Crippen LogP contribution in [0.2, 0.25) is 5.02 Å². The second kappa shape index (κ2) is 6.36. The molecule has 2 heterocycles. The summed E-state index contributed by atoms with van der Waals surface area (Å²) in [5, 5.41) is 13.1. The highest BCUT2D eigenvalue weighted by Gasteiger charge is 2.29. The monoisotopic (exact) mass is 332 g/mol. The summed E-state index contributed by atoms with van der Waals surface area (Å²) in [7, 11) is 0. The Balaban J connectivity index is 1.81. The largest absolute Gasteiger partial charge is 0.366 e. The van der Waals surface area contributed by atoms with Crippen molar-refractivity contribution in [1.82, 2.24) is 15.0 Å². The average molecular weight is 333 g/mol. The number of nitriles is 1. The van der Waals surface area contributed by atoms with Crippen molar-refractivity contribution in [3.63, 3.8) is 0 Å². The number of benzene rings is 1. The minimum absolute atomic E-state index is 0.249. The Bertz CT molecular complexity index is 783. The first-order chi connectivity index (χ1) is 11.1. The molecule has 0 aliphatic carbocycles. The quantitative estimate of drug-likeness (QED) is 0.836. The van der Waals surface area contributed by atoms with E-state index in [1.165, 1.54) is 6.07 Å². The van der Waals surface area contributed by atoms with Gasteiger partial charge in [-0.25, -0.2) is 0 Å². The molecule has 0 radical (unpaired) electrons. The maximum Gasteiger partial charge on any atom is 0.255 e. The van der Waals surface area contributed by atoms with Crippen LogP contribution in [0.15, 0.2) is 22.7 Å². The highest BCUT2D eigenvalue weighted by Crippen LogP contribution is 2.24. The van der Waals surface area contributed by atoms with Gasteiger partial charge in [-0.1, -0.05) is 16.8 Å². The molecule has 1 saturated heterocycles. The van der Waals surface area contributed by atoms with Gasteiger partial charge in [-0.05, 0) is 18.2 Å². The number of morpholine rings is 1. The summed E-state index contributed by atoms with van der Waals surface area (Å²) in [5.74, 6) is 0.606. The van der Waals surface area contributed by atoms with Gasteiger partial charge in [0.25, 0.3) is 5.91 Å². The van der Waals surface area contributed by atoms with Crippen LogP contribution >= 0.6 is 11.6 Å². The summed E-state index contributed by atoms with van der Waals surface area (Å²) < 4.78 is 10.6. The summed E-state index contributed by atoms with van der Waals surface area (Å²) in [6, 6.07) is 6.62. The van der Waals surface area contributed by atoms with Gasteiger partial charge in [0.15, 0.2) is 0 Å². The Kier molecular flexibility index (Phi) is 4.28. The molecule has 1 aromatic heterocycles. The van der Waals surface area contributed by atoms with Gasteiger partial charge in [0.05, 0.1) is 35.4 Å². The number of rotatable bonds is 2. The molecule has 1 amide bonds. The van der Waals surface area contributed by atoms with Crippen molar-refractivity contribution < 1.29 is 14.1 Å². The summed E-state index contributed by atoms with van der Waals surface area (Å²) in [5.41, 5.74) is 0.687. The lowest BCUT2D eigenvalue weighted by atomic mass is 10.1. The highest BCUT2D eigenvalue weighted by atomic mass is 35.5. The molecule has 118 valence electrons. The van der Waals surface area contributed by atoms with Gasteiger partial charge in [-0.15, -0.1) is 0 Å². The molecule has 2 aromatic rings. The number of nitrogens with zero attached hydrogens (tertiary/aromatic N) is 4. The van der Waals surface area contributed by atoms with E-state index in [2.05, 4.69) is 10.1 Å². The van der Waals surface area contributed by atoms with Gasteiger partial charge in [0.1, 0.15) is 6.10 Å². The first kappa shape index (κ1) is 15.5. The maximum absolute atomic E-state index is 12.7. The molecule has 1 aliphatic heterocycles. The summed E-state index contributed by atoms with van der Waals surface area (Å²) in [6.45, 7) is 2.78. The minimum Gasteiger partial charge on any atom is -0.366 e. The van der Waals surface area contributed by atoms with E-state index in [1.54, 1.807) is 24.0 Å². The van der Waals surface area contributed by atoms with Gasteiger partial charge in [0.2, 0.25) is 11.7 Å². The number of carbonyl (C=O) groups is 1. The van der Waals surface area contributed by atoms with Gasteiger partial charge < -0.3 is 14.2 Å². The lowest BCUT2D eigenvalue weighted by Crippen LogP contribution is -2.42. The molecule has 23 heavy (non-hydrogen) atoms. The Labute approximate surface area is 137 Å². The van der Waals surface area contributed by atoms with Crippen molar-refractivity contribution in [3.8, 4) is 6.07 Å². The zero-order valence-corrected chi connectivity index (χ0v) is 13.1. The zero-order valence-electron chi connectivity index (χ0n) is 12.3. The van der Waals surface area contributed by atoms with Crippen LogP contribution in [0.1, 0.15) is 33.7 Å². The zero-order chi connectivity index (χ0) is 16.4. The fourth-order valence-electron chi connectivity index (χ4n) is 2.36. The van der Waals surface area contributed by atoms with Gasteiger partial charge in [-0.3, -0.25) is 4.79 Å². The van der Waals surface area contributed by atoms with Gasteiger partial charge >= 0.3 is 0 Å². The fourth-order valence-corrected chi connectivity index (χ4v) is 2.56. The summed E-state index contributed by atoms with van der Waals surface area (Å²) in [4.78, 5) is 18.4. The Hall–Kier alpha value is -2.43. The number of hydrogen-bond donors (Lipinski definition) is 0. The Morgan fingerprint density at radius 1 is 1.52 bits per heavy atom. The minimum atomic E-state index is -0.442. The summed E-state index contributed by atoms with van der Waals surface area (Å²) in [6.07, 6.45) is -0.442. The SMILES string of the molecule is Cc1nc(C2CN(C(=O)c3cc(C#N)ccc3Cl)CCO2)no1. The number of ether oxygens (including phenoxy) is 1. The molecule has 0 saturated carbocycles. The molecule has 1 unspecified atom stereocenters. The van der Waals surface area contributed by atoms with Gasteiger partial charge in [0, 0.05) is 13.5 Å². The van der Waals surface area contributed by atoms with Crippen molar-refractivity contribution in [3.05, 3.63) is 46.1 Å². The van der Waals surface area contributed by atoms with Crippen molar-refractivity contribution in [1.29, 1.82) is 5.26 Å². The van der Waals surface area contributed by atoms with Crippen LogP contribution in [0.3, 0.4) is 0 Å². The number of halogens is 1. The van der Waals surface area contributed by atoms with E-state index in [1.807, 2.05) is 6.07 Å². The standard InChI is InChI=1S/C15H13ClN4O3/c1-9-18-14(19-23-9)13-8-20(4-5-22-13)15(21)11-6-10(7-17)2-3-12(11)16/h2-3,6,13H,4-5,8H2,1H3. The molecule has 0 N–H and O–H groups in total. The van der Waals surface area contributed by atoms with E-state index >= 15 is 0 Å². The van der Waals surface area contributed by atoms with Crippen LogP contribution in [0.25, 0.3) is 0 Å². The lowest BCUT2D eigenvalue weighted by Gasteiger charge is -2.31. The average Bonchev–Trinajstić information content (AvgIpc) is 3.01. The van der Waals surface area contributed by atoms with Crippen LogP contribution < -0.4 is 0 Å². The predicted molar refractivity (Wildman–Crippen MR) is 79.8 cm³/mol. The highest BCUT2D eigenvalue weighted by molar-refractivity contribution is 6.33. The number of amides is 1. The molecule has 1 aromatic carbocycles. The van der Waals surface area contributed by atoms with Crippen LogP contribution in [0, 0.1) is 18.3 Å². The number of carbonyl (C=O) groups excluding carboxylic acids is 1. The topological polar surface area (TPSA) is 92.2 Å². The third-order valence-electron chi connectivity index (χ3n) is 3.51. The van der Waals surface area contributed by atoms with Crippen molar-refractivity contribution in [2.75, 3.05) is 19.7 Å². The third kappa shape index (κ3) is 3.18. The molecule has 8 heteroatoms. The number of hydrogen-bond acceptors (Lipinski definition) is 6. The van der Waals surface area contributed by atoms with E-state index in [0.717, 1.165) is 0 Å². The molecule has 1 aliphatic rings. The van der Waals surface area contributed by atoms with E-state index in [-0.39, 0.29) is 5.91 Å². The third-order valence-corrected chi connectivity index (χ3v) is 3.84. The molecule has 0 bridgehead atoms. The van der Waals surface area contributed by atoms with E-state index in [0.29, 0.717) is 47.6 Å². The van der Waals surface area contributed by atoms with Crippen molar-refractivity contribution in [2.45, 2.75) is 13.0 Å². The Morgan fingerprint density at radius 2 is 2.35 bits per heavy atom. The Morgan fingerprint density at radius 3 is 3.04 bits per heavy atom. The fraction of sp³-hybridized carbons (Fsp3) is 0.333. The molecule has 1 atom stereocenters. The first-order valence-electron chi connectivity index (χ1n) is 6.99. The second-order valence-corrected chi connectivity index (χ2v) is 5.50. The van der Waals surface area contributed by atoms with Crippen LogP contribution in [-0.2, 0) is 4.74 Å². The summed E-state index contributed by atoms with van der Waals surface area (Å²) >= 11 is 6.10. The van der Waals surface area contributed by atoms with Crippen molar-refractivity contribution in [2.24, 2.45) is 0 Å². The number of aryl methyl sites for hydroxylation is 1. The smallest absolute Gasteiger partial charge is 0.255 e. The van der Waals surface area contributed by atoms with Crippen LogP contribution in [-0.4, -0.2) is 40.6 Å². The first-order valence-corrected chi connectivity index (χ1v) is 7.37. The molecule has 7 nitrogen and oxygen atoms in total. The number of aromatic nitrogens is 2. The molecule has 3 rings (SSSR count). The molecule has 1 fully saturated rings. The van der Waals surface area contributed by atoms with Crippen LogP contribution in [0.4, 0.5) is 0 Å². The van der Waals surface area contributed by atoms with E-state index in [4.69, 9.17) is 26.1 Å². The molecule has 0 spiro atoms. The molecular formula is C15H13ClN4O3. The van der Waals surface area contributed by atoms with Crippen molar-refractivity contribution >= 4 is 17.5 Å².